The average molecular weight is 403 g/mol. The van der Waals surface area contributed by atoms with Crippen molar-refractivity contribution < 1.29 is 4.79 Å². The summed E-state index contributed by atoms with van der Waals surface area (Å²) in [5.41, 5.74) is 3.62. The summed E-state index contributed by atoms with van der Waals surface area (Å²) in [4.78, 5) is 19.6. The summed E-state index contributed by atoms with van der Waals surface area (Å²) in [6.45, 7) is 0. The van der Waals surface area contributed by atoms with Crippen molar-refractivity contribution in [1.29, 1.82) is 0 Å². The molecule has 3 nitrogen and oxygen atoms in total. The van der Waals surface area contributed by atoms with Crippen molar-refractivity contribution in [3.8, 4) is 21.7 Å². The maximum atomic E-state index is 12.7. The molecule has 28 heavy (non-hydrogen) atoms. The molecule has 0 aliphatic heterocycles. The number of hydrogen-bond donors (Lipinski definition) is 1. The molecular weight excluding hydrogens is 384 g/mol. The number of carbonyl (C=O) groups is 1. The molecule has 0 bridgehead atoms. The Hall–Kier alpha value is -2.89. The van der Waals surface area contributed by atoms with Gasteiger partial charge in [0, 0.05) is 16.0 Å². The van der Waals surface area contributed by atoms with Crippen LogP contribution in [-0.4, -0.2) is 17.1 Å². The highest BCUT2D eigenvalue weighted by atomic mass is 32.2. The van der Waals surface area contributed by atoms with E-state index in [9.17, 15) is 4.79 Å². The van der Waals surface area contributed by atoms with Crippen molar-refractivity contribution in [3.05, 3.63) is 90.5 Å². The first-order valence-corrected chi connectivity index (χ1v) is 10.9. The van der Waals surface area contributed by atoms with Gasteiger partial charge in [0.05, 0.1) is 10.6 Å². The zero-order chi connectivity index (χ0) is 19.3. The fourth-order valence-electron chi connectivity index (χ4n) is 2.86. The Labute approximate surface area is 172 Å². The van der Waals surface area contributed by atoms with E-state index >= 15 is 0 Å². The molecule has 0 aliphatic carbocycles. The molecule has 0 spiro atoms. The van der Waals surface area contributed by atoms with E-state index in [-0.39, 0.29) is 5.91 Å². The van der Waals surface area contributed by atoms with Gasteiger partial charge in [-0.3, -0.25) is 10.1 Å². The highest BCUT2D eigenvalue weighted by Gasteiger charge is 2.16. The fraction of sp³-hybridized carbons (Fsp3) is 0.0435. The van der Waals surface area contributed by atoms with Crippen LogP contribution < -0.4 is 5.32 Å². The van der Waals surface area contributed by atoms with Crippen molar-refractivity contribution in [1.82, 2.24) is 4.98 Å². The Morgan fingerprint density at radius 2 is 1.46 bits per heavy atom. The van der Waals surface area contributed by atoms with Gasteiger partial charge < -0.3 is 0 Å². The molecule has 1 amide bonds. The summed E-state index contributed by atoms with van der Waals surface area (Å²) in [7, 11) is 0. The molecule has 0 aliphatic rings. The quantitative estimate of drug-likeness (QED) is 0.390. The van der Waals surface area contributed by atoms with Gasteiger partial charge in [0.2, 0.25) is 0 Å². The van der Waals surface area contributed by atoms with Crippen LogP contribution in [0, 0.1) is 0 Å². The van der Waals surface area contributed by atoms with Crippen LogP contribution in [0.15, 0.2) is 89.8 Å². The summed E-state index contributed by atoms with van der Waals surface area (Å²) >= 11 is 3.14. The number of rotatable bonds is 5. The Balaban J connectivity index is 1.68. The number of benzene rings is 3. The number of nitrogens with zero attached hydrogens (tertiary/aromatic N) is 1. The number of amides is 1. The molecule has 3 aromatic carbocycles. The van der Waals surface area contributed by atoms with E-state index in [1.54, 1.807) is 11.8 Å². The molecule has 0 radical (unpaired) electrons. The highest BCUT2D eigenvalue weighted by molar-refractivity contribution is 7.98. The van der Waals surface area contributed by atoms with E-state index < -0.39 is 0 Å². The Morgan fingerprint density at radius 3 is 2.07 bits per heavy atom. The summed E-state index contributed by atoms with van der Waals surface area (Å²) in [5.74, 6) is -0.152. The molecule has 0 atom stereocenters. The summed E-state index contributed by atoms with van der Waals surface area (Å²) in [6.07, 6.45) is 2.01. The monoisotopic (exact) mass is 402 g/mol. The largest absolute Gasteiger partial charge is 0.298 e. The number of nitrogens with one attached hydrogen (secondary N) is 1. The van der Waals surface area contributed by atoms with Gasteiger partial charge in [-0.25, -0.2) is 4.98 Å². The van der Waals surface area contributed by atoms with Crippen molar-refractivity contribution in [3.63, 3.8) is 0 Å². The van der Waals surface area contributed by atoms with Gasteiger partial charge in [-0.05, 0) is 36.1 Å². The lowest BCUT2D eigenvalue weighted by molar-refractivity contribution is 0.102. The second kappa shape index (κ2) is 8.42. The van der Waals surface area contributed by atoms with Crippen LogP contribution in [0.5, 0.6) is 0 Å². The van der Waals surface area contributed by atoms with E-state index in [0.29, 0.717) is 10.7 Å². The highest BCUT2D eigenvalue weighted by Crippen LogP contribution is 2.39. The van der Waals surface area contributed by atoms with E-state index in [4.69, 9.17) is 4.98 Å². The summed E-state index contributed by atoms with van der Waals surface area (Å²) in [6, 6.07) is 27.8. The van der Waals surface area contributed by atoms with Gasteiger partial charge in [-0.2, -0.15) is 0 Å². The van der Waals surface area contributed by atoms with Crippen LogP contribution in [0.25, 0.3) is 21.7 Å². The summed E-state index contributed by atoms with van der Waals surface area (Å²) in [5, 5.41) is 3.55. The molecule has 0 unspecified atom stereocenters. The topological polar surface area (TPSA) is 42.0 Å². The Kier molecular flexibility index (Phi) is 5.55. The number of thioether (sulfide) groups is 1. The normalized spacial score (nSPS) is 10.6. The van der Waals surface area contributed by atoms with Crippen LogP contribution in [0.1, 0.15) is 10.4 Å². The molecule has 4 rings (SSSR count). The van der Waals surface area contributed by atoms with Crippen molar-refractivity contribution in [2.24, 2.45) is 0 Å². The maximum Gasteiger partial charge on any atom is 0.257 e. The number of hydrogen-bond acceptors (Lipinski definition) is 4. The molecule has 0 fully saturated rings. The van der Waals surface area contributed by atoms with Gasteiger partial charge >= 0.3 is 0 Å². The minimum Gasteiger partial charge on any atom is -0.298 e. The van der Waals surface area contributed by atoms with Crippen LogP contribution in [0.3, 0.4) is 0 Å². The Morgan fingerprint density at radius 1 is 0.857 bits per heavy atom. The lowest BCUT2D eigenvalue weighted by Gasteiger charge is -2.02. The predicted octanol–water partition coefficient (Wildman–Crippen LogP) is 6.45. The molecule has 1 aromatic heterocycles. The van der Waals surface area contributed by atoms with E-state index in [0.717, 1.165) is 26.6 Å². The third kappa shape index (κ3) is 4.01. The average Bonchev–Trinajstić information content (AvgIpc) is 3.19. The van der Waals surface area contributed by atoms with Gasteiger partial charge in [0.25, 0.3) is 5.91 Å². The second-order valence-electron chi connectivity index (χ2n) is 6.11. The molecule has 4 aromatic rings. The van der Waals surface area contributed by atoms with E-state index in [2.05, 4.69) is 17.4 Å². The van der Waals surface area contributed by atoms with Crippen molar-refractivity contribution >= 4 is 34.1 Å². The zero-order valence-electron chi connectivity index (χ0n) is 15.3. The first kappa shape index (κ1) is 18.5. The standard InChI is InChI=1S/C23H18N2OS2/c1-27-19-14-12-18(13-15-19)22(26)25-23-24-20(16-8-4-2-5-9-16)21(28-23)17-10-6-3-7-11-17/h2-15H,1H3,(H,24,25,26). The SMILES string of the molecule is CSc1ccc(C(=O)Nc2nc(-c3ccccc3)c(-c3ccccc3)s2)cc1. The molecule has 138 valence electrons. The zero-order valence-corrected chi connectivity index (χ0v) is 16.9. The number of carbonyl (C=O) groups excluding carboxylic acids is 1. The number of aromatic nitrogens is 1. The van der Waals surface area contributed by atoms with Crippen LogP contribution in [-0.2, 0) is 0 Å². The first-order chi connectivity index (χ1) is 13.7. The second-order valence-corrected chi connectivity index (χ2v) is 7.99. The van der Waals surface area contributed by atoms with Crippen molar-refractivity contribution in [2.75, 3.05) is 11.6 Å². The molecule has 0 saturated carbocycles. The van der Waals surface area contributed by atoms with Crippen molar-refractivity contribution in [2.45, 2.75) is 4.90 Å². The molecule has 1 heterocycles. The minimum atomic E-state index is -0.152. The Bertz CT molecular complexity index is 1020. The molecule has 1 N–H and O–H groups in total. The predicted molar refractivity (Wildman–Crippen MR) is 119 cm³/mol. The minimum absolute atomic E-state index is 0.152. The van der Waals surface area contributed by atoms with E-state index in [1.807, 2.05) is 79.1 Å². The number of thiazole rings is 1. The first-order valence-electron chi connectivity index (χ1n) is 8.81. The van der Waals surface area contributed by atoms with Crippen LogP contribution in [0.4, 0.5) is 5.13 Å². The van der Waals surface area contributed by atoms with Gasteiger partial charge in [-0.1, -0.05) is 72.0 Å². The van der Waals surface area contributed by atoms with Gasteiger partial charge in [0.1, 0.15) is 0 Å². The summed E-state index contributed by atoms with van der Waals surface area (Å²) < 4.78 is 0. The van der Waals surface area contributed by atoms with Crippen LogP contribution >= 0.6 is 23.1 Å². The molecule has 0 saturated heterocycles. The van der Waals surface area contributed by atoms with Gasteiger partial charge in [-0.15, -0.1) is 11.8 Å². The lowest BCUT2D eigenvalue weighted by atomic mass is 10.1. The number of anilines is 1. The smallest absolute Gasteiger partial charge is 0.257 e. The van der Waals surface area contributed by atoms with Gasteiger partial charge in [0.15, 0.2) is 5.13 Å². The molecule has 5 heteroatoms. The maximum absolute atomic E-state index is 12.7. The third-order valence-corrected chi connectivity index (χ3v) is 6.05. The lowest BCUT2D eigenvalue weighted by Crippen LogP contribution is -2.11. The molecular formula is C23H18N2OS2. The van der Waals surface area contributed by atoms with Crippen LogP contribution in [0.2, 0.25) is 0 Å². The fourth-order valence-corrected chi connectivity index (χ4v) is 4.26. The third-order valence-electron chi connectivity index (χ3n) is 4.28. The van der Waals surface area contributed by atoms with E-state index in [1.165, 1.54) is 11.3 Å².